The lowest BCUT2D eigenvalue weighted by Crippen LogP contribution is -2.40. The first-order valence-electron chi connectivity index (χ1n) is 9.82. The predicted molar refractivity (Wildman–Crippen MR) is 117 cm³/mol. The van der Waals surface area contributed by atoms with Crippen molar-refractivity contribution in [1.82, 2.24) is 9.88 Å². The van der Waals surface area contributed by atoms with Crippen LogP contribution in [0.2, 0.25) is 0 Å². The highest BCUT2D eigenvalue weighted by molar-refractivity contribution is 7.91. The zero-order valence-electron chi connectivity index (χ0n) is 16.4. The molecule has 0 unspecified atom stereocenters. The molecule has 0 aliphatic carbocycles. The first-order chi connectivity index (χ1) is 15.0. The smallest absolute Gasteiger partial charge is 0.252 e. The summed E-state index contributed by atoms with van der Waals surface area (Å²) in [6.07, 6.45) is 1.12. The van der Waals surface area contributed by atoms with E-state index in [9.17, 15) is 13.2 Å². The molecule has 2 aliphatic heterocycles. The standard InChI is InChI=1S/C22H19N3O4S2/c26-22-18-19(29-20(24-18)21-23-10-12-30-21)17-9-5-4-6-15(17)14-25(22)11-13-31(27,28)16-7-2-1-3-8-16/h1-10,12,18-19H,11,13-14H2/t18-,19-/m0/s1. The summed E-state index contributed by atoms with van der Waals surface area (Å²) in [7, 11) is -3.51. The number of aliphatic imine (C=N–C) groups is 1. The number of hydrogen-bond donors (Lipinski definition) is 0. The van der Waals surface area contributed by atoms with Gasteiger partial charge in [-0.15, -0.1) is 11.3 Å². The van der Waals surface area contributed by atoms with Crippen LogP contribution in [0, 0.1) is 0 Å². The molecule has 0 radical (unpaired) electrons. The number of sulfone groups is 1. The van der Waals surface area contributed by atoms with Gasteiger partial charge in [0.05, 0.1) is 10.6 Å². The van der Waals surface area contributed by atoms with Gasteiger partial charge in [0.1, 0.15) is 0 Å². The van der Waals surface area contributed by atoms with Crippen molar-refractivity contribution in [1.29, 1.82) is 0 Å². The van der Waals surface area contributed by atoms with Crippen LogP contribution >= 0.6 is 11.3 Å². The molecule has 0 saturated carbocycles. The maximum absolute atomic E-state index is 13.4. The molecule has 0 fully saturated rings. The van der Waals surface area contributed by atoms with Crippen molar-refractivity contribution in [2.24, 2.45) is 4.99 Å². The number of rotatable bonds is 5. The van der Waals surface area contributed by atoms with Crippen molar-refractivity contribution in [3.8, 4) is 0 Å². The van der Waals surface area contributed by atoms with Gasteiger partial charge in [0.25, 0.3) is 5.91 Å². The molecule has 0 N–H and O–H groups in total. The zero-order chi connectivity index (χ0) is 21.4. The first kappa shape index (κ1) is 19.9. The molecule has 2 atom stereocenters. The number of carbonyl (C=O) groups is 1. The van der Waals surface area contributed by atoms with Gasteiger partial charge in [-0.2, -0.15) is 0 Å². The molecule has 31 heavy (non-hydrogen) atoms. The molecule has 2 aromatic carbocycles. The highest BCUT2D eigenvalue weighted by Gasteiger charge is 2.44. The number of amides is 1. The Morgan fingerprint density at radius 3 is 2.65 bits per heavy atom. The normalized spacial score (nSPS) is 20.5. The molecule has 7 nitrogen and oxygen atoms in total. The Balaban J connectivity index is 1.45. The summed E-state index contributed by atoms with van der Waals surface area (Å²) in [5, 5.41) is 2.45. The minimum atomic E-state index is -3.51. The van der Waals surface area contributed by atoms with Crippen molar-refractivity contribution in [3.63, 3.8) is 0 Å². The van der Waals surface area contributed by atoms with E-state index in [-0.39, 0.29) is 23.1 Å². The number of hydrogen-bond acceptors (Lipinski definition) is 7. The molecular formula is C22H19N3O4S2. The van der Waals surface area contributed by atoms with Gasteiger partial charge in [0.2, 0.25) is 5.90 Å². The Hall–Kier alpha value is -3.04. The summed E-state index contributed by atoms with van der Waals surface area (Å²) in [6, 6.07) is 15.2. The van der Waals surface area contributed by atoms with Crippen LogP contribution in [0.3, 0.4) is 0 Å². The van der Waals surface area contributed by atoms with Crippen LogP contribution < -0.4 is 0 Å². The van der Waals surface area contributed by atoms with Crippen molar-refractivity contribution in [2.45, 2.75) is 23.6 Å². The van der Waals surface area contributed by atoms with Crippen molar-refractivity contribution in [2.75, 3.05) is 12.3 Å². The van der Waals surface area contributed by atoms with E-state index < -0.39 is 22.0 Å². The maximum atomic E-state index is 13.4. The van der Waals surface area contributed by atoms with Gasteiger partial charge in [-0.3, -0.25) is 4.79 Å². The molecule has 0 saturated heterocycles. The van der Waals surface area contributed by atoms with Crippen LogP contribution in [0.15, 0.2) is 76.1 Å². The van der Waals surface area contributed by atoms with Crippen LogP contribution in [0.1, 0.15) is 22.2 Å². The minimum absolute atomic E-state index is 0.0791. The summed E-state index contributed by atoms with van der Waals surface area (Å²) in [5.41, 5.74) is 1.82. The van der Waals surface area contributed by atoms with Crippen molar-refractivity contribution in [3.05, 3.63) is 82.3 Å². The fourth-order valence-corrected chi connectivity index (χ4v) is 5.70. The van der Waals surface area contributed by atoms with E-state index >= 15 is 0 Å². The summed E-state index contributed by atoms with van der Waals surface area (Å²) in [6.45, 7) is 0.396. The Labute approximate surface area is 184 Å². The number of nitrogens with zero attached hydrogens (tertiary/aromatic N) is 3. The maximum Gasteiger partial charge on any atom is 0.252 e. The summed E-state index contributed by atoms with van der Waals surface area (Å²) < 4.78 is 31.6. The van der Waals surface area contributed by atoms with Gasteiger partial charge in [0.15, 0.2) is 27.0 Å². The van der Waals surface area contributed by atoms with E-state index in [0.717, 1.165) is 11.1 Å². The first-order valence-corrected chi connectivity index (χ1v) is 12.3. The molecule has 1 aromatic heterocycles. The molecule has 5 rings (SSSR count). The minimum Gasteiger partial charge on any atom is -0.465 e. The molecule has 2 aliphatic rings. The second-order valence-electron chi connectivity index (χ2n) is 7.35. The number of benzene rings is 2. The van der Waals surface area contributed by atoms with Gasteiger partial charge >= 0.3 is 0 Å². The van der Waals surface area contributed by atoms with Gasteiger partial charge in [-0.25, -0.2) is 18.4 Å². The van der Waals surface area contributed by atoms with Gasteiger partial charge < -0.3 is 9.64 Å². The second-order valence-corrected chi connectivity index (χ2v) is 10.3. The van der Waals surface area contributed by atoms with Gasteiger partial charge in [-0.05, 0) is 17.7 Å². The largest absolute Gasteiger partial charge is 0.465 e. The van der Waals surface area contributed by atoms with Crippen molar-refractivity contribution < 1.29 is 17.9 Å². The third-order valence-corrected chi connectivity index (χ3v) is 7.89. The number of carbonyl (C=O) groups excluding carboxylic acids is 1. The Morgan fingerprint density at radius 1 is 1.10 bits per heavy atom. The van der Waals surface area contributed by atoms with Gasteiger partial charge in [-0.1, -0.05) is 42.5 Å². The number of thiazole rings is 1. The quantitative estimate of drug-likeness (QED) is 0.593. The van der Waals surface area contributed by atoms with Crippen LogP contribution in [-0.4, -0.2) is 48.4 Å². The topological polar surface area (TPSA) is 88.9 Å². The summed E-state index contributed by atoms with van der Waals surface area (Å²) in [5.74, 6) is -0.0467. The van der Waals surface area contributed by atoms with Crippen LogP contribution in [0.5, 0.6) is 0 Å². The van der Waals surface area contributed by atoms with Gasteiger partial charge in [0, 0.05) is 30.2 Å². The zero-order valence-corrected chi connectivity index (χ0v) is 18.1. The molecule has 1 amide bonds. The highest BCUT2D eigenvalue weighted by Crippen LogP contribution is 2.37. The highest BCUT2D eigenvalue weighted by atomic mass is 32.2. The van der Waals surface area contributed by atoms with E-state index in [2.05, 4.69) is 9.98 Å². The monoisotopic (exact) mass is 453 g/mol. The van der Waals surface area contributed by atoms with E-state index in [0.29, 0.717) is 17.5 Å². The van der Waals surface area contributed by atoms with E-state index in [4.69, 9.17) is 4.74 Å². The summed E-state index contributed by atoms with van der Waals surface area (Å²) >= 11 is 1.39. The molecule has 0 bridgehead atoms. The third-order valence-electron chi connectivity index (χ3n) is 5.42. The fourth-order valence-electron chi connectivity index (χ4n) is 3.85. The lowest BCUT2D eigenvalue weighted by atomic mass is 9.99. The Kier molecular flexibility index (Phi) is 5.07. The SMILES string of the molecule is O=C1[C@H]2N=C(c3nccs3)O[C@H]2c2ccccc2CN1CCS(=O)(=O)c1ccccc1. The lowest BCUT2D eigenvalue weighted by Gasteiger charge is -2.22. The van der Waals surface area contributed by atoms with Crippen molar-refractivity contribution >= 4 is 33.0 Å². The molecule has 9 heteroatoms. The van der Waals surface area contributed by atoms with E-state index in [1.54, 1.807) is 41.4 Å². The fraction of sp³-hybridized carbons (Fsp3) is 0.227. The average molecular weight is 454 g/mol. The average Bonchev–Trinajstić information content (AvgIpc) is 3.45. The molecular weight excluding hydrogens is 434 g/mol. The van der Waals surface area contributed by atoms with Crippen LogP contribution in [0.4, 0.5) is 0 Å². The van der Waals surface area contributed by atoms with Crippen LogP contribution in [-0.2, 0) is 25.9 Å². The molecule has 158 valence electrons. The molecule has 3 heterocycles. The molecule has 3 aromatic rings. The summed E-state index contributed by atoms with van der Waals surface area (Å²) in [4.78, 5) is 24.0. The molecule has 0 spiro atoms. The Morgan fingerprint density at radius 2 is 1.87 bits per heavy atom. The number of ether oxygens (including phenoxy) is 1. The third kappa shape index (κ3) is 3.75. The van der Waals surface area contributed by atoms with E-state index in [1.807, 2.05) is 29.6 Å². The lowest BCUT2D eigenvalue weighted by molar-refractivity contribution is -0.133. The predicted octanol–water partition coefficient (Wildman–Crippen LogP) is 2.85. The second kappa shape index (κ2) is 7.90. The van der Waals surface area contributed by atoms with Crippen LogP contribution in [0.25, 0.3) is 0 Å². The van der Waals surface area contributed by atoms with E-state index in [1.165, 1.54) is 11.3 Å². The Bertz CT molecular complexity index is 1240. The number of fused-ring (bicyclic) bond motifs is 3. The number of aromatic nitrogens is 1.